The molecule has 0 amide bonds. The Balaban J connectivity index is 1.81. The first-order valence-electron chi connectivity index (χ1n) is 6.60. The standard InChI is InChI=1S/C15H12ClNO2S/c16-9-3-4-11-10(6-9)17-14(20-11)12-7-1-2-8(5-7)13(12)15(18)19/h1-4,6-8,12-13H,5H2,(H,18,19). The minimum atomic E-state index is -0.705. The SMILES string of the molecule is O=C(O)C1C2C=CC(C2)C1c1nc2cc(Cl)ccc2s1. The summed E-state index contributed by atoms with van der Waals surface area (Å²) < 4.78 is 1.07. The van der Waals surface area contributed by atoms with Crippen molar-refractivity contribution < 1.29 is 9.90 Å². The molecular formula is C15H12ClNO2S. The highest BCUT2D eigenvalue weighted by atomic mass is 35.5. The fraction of sp³-hybridized carbons (Fsp3) is 0.333. The first kappa shape index (κ1) is 12.4. The van der Waals surface area contributed by atoms with E-state index in [1.807, 2.05) is 18.2 Å². The molecule has 1 heterocycles. The molecular weight excluding hydrogens is 294 g/mol. The van der Waals surface area contributed by atoms with Gasteiger partial charge in [0.15, 0.2) is 0 Å². The normalized spacial score (nSPS) is 31.2. The Kier molecular flexibility index (Phi) is 2.66. The van der Waals surface area contributed by atoms with Gasteiger partial charge in [0.05, 0.1) is 21.1 Å². The molecule has 1 fully saturated rings. The van der Waals surface area contributed by atoms with Crippen LogP contribution in [0.2, 0.25) is 5.02 Å². The Bertz CT molecular complexity index is 739. The van der Waals surface area contributed by atoms with Crippen molar-refractivity contribution in [2.75, 3.05) is 0 Å². The van der Waals surface area contributed by atoms with Gasteiger partial charge in [0, 0.05) is 10.9 Å². The second-order valence-corrected chi connectivity index (χ2v) is 7.00. The van der Waals surface area contributed by atoms with Gasteiger partial charge in [-0.05, 0) is 36.5 Å². The number of rotatable bonds is 2. The Hall–Kier alpha value is -1.39. The van der Waals surface area contributed by atoms with Gasteiger partial charge in [0.1, 0.15) is 0 Å². The summed E-state index contributed by atoms with van der Waals surface area (Å²) in [5.74, 6) is -0.543. The molecule has 0 spiro atoms. The molecule has 1 N–H and O–H groups in total. The zero-order valence-electron chi connectivity index (χ0n) is 10.5. The van der Waals surface area contributed by atoms with Crippen molar-refractivity contribution in [1.29, 1.82) is 0 Å². The third-order valence-corrected chi connectivity index (χ3v) is 5.77. The van der Waals surface area contributed by atoms with Crippen LogP contribution >= 0.6 is 22.9 Å². The van der Waals surface area contributed by atoms with E-state index in [9.17, 15) is 9.90 Å². The van der Waals surface area contributed by atoms with Gasteiger partial charge in [-0.2, -0.15) is 0 Å². The van der Waals surface area contributed by atoms with Crippen molar-refractivity contribution in [3.8, 4) is 0 Å². The minimum Gasteiger partial charge on any atom is -0.481 e. The third-order valence-electron chi connectivity index (χ3n) is 4.40. The molecule has 2 aliphatic rings. The van der Waals surface area contributed by atoms with Crippen LogP contribution in [0.4, 0.5) is 0 Å². The summed E-state index contributed by atoms with van der Waals surface area (Å²) in [6, 6.07) is 5.65. The lowest BCUT2D eigenvalue weighted by Crippen LogP contribution is -2.25. The number of carboxylic acid groups (broad SMARTS) is 1. The van der Waals surface area contributed by atoms with Crippen molar-refractivity contribution in [2.24, 2.45) is 17.8 Å². The summed E-state index contributed by atoms with van der Waals surface area (Å²) in [7, 11) is 0. The van der Waals surface area contributed by atoms with Gasteiger partial charge in [0.2, 0.25) is 0 Å². The fourth-order valence-corrected chi connectivity index (χ4v) is 4.89. The van der Waals surface area contributed by atoms with Crippen molar-refractivity contribution >= 4 is 39.1 Å². The maximum absolute atomic E-state index is 11.6. The number of nitrogens with zero attached hydrogens (tertiary/aromatic N) is 1. The molecule has 3 nitrogen and oxygen atoms in total. The molecule has 0 aliphatic heterocycles. The van der Waals surface area contributed by atoms with E-state index in [-0.39, 0.29) is 17.8 Å². The molecule has 1 aromatic carbocycles. The summed E-state index contributed by atoms with van der Waals surface area (Å²) in [5.41, 5.74) is 0.869. The largest absolute Gasteiger partial charge is 0.481 e. The van der Waals surface area contributed by atoms with Crippen LogP contribution in [0.15, 0.2) is 30.4 Å². The summed E-state index contributed by atoms with van der Waals surface area (Å²) in [5, 5.41) is 11.1. The Labute approximate surface area is 124 Å². The lowest BCUT2D eigenvalue weighted by molar-refractivity contribution is -0.143. The molecule has 2 aromatic rings. The van der Waals surface area contributed by atoms with Crippen LogP contribution < -0.4 is 0 Å². The number of thiazole rings is 1. The number of aliphatic carboxylic acids is 1. The second kappa shape index (κ2) is 4.30. The number of hydrogen-bond acceptors (Lipinski definition) is 3. The summed E-state index contributed by atoms with van der Waals surface area (Å²) in [4.78, 5) is 16.2. The number of fused-ring (bicyclic) bond motifs is 3. The van der Waals surface area contributed by atoms with Crippen molar-refractivity contribution in [1.82, 2.24) is 4.98 Å². The van der Waals surface area contributed by atoms with E-state index in [0.29, 0.717) is 10.9 Å². The molecule has 0 saturated heterocycles. The number of carboxylic acids is 1. The van der Waals surface area contributed by atoms with Gasteiger partial charge in [-0.25, -0.2) is 4.98 Å². The smallest absolute Gasteiger partial charge is 0.307 e. The van der Waals surface area contributed by atoms with Gasteiger partial charge >= 0.3 is 5.97 Å². The Morgan fingerprint density at radius 2 is 2.15 bits per heavy atom. The first-order valence-corrected chi connectivity index (χ1v) is 7.80. The first-order chi connectivity index (χ1) is 9.63. The average Bonchev–Trinajstić information content (AvgIpc) is 3.09. The van der Waals surface area contributed by atoms with Crippen LogP contribution in [0, 0.1) is 17.8 Å². The molecule has 4 atom stereocenters. The highest BCUT2D eigenvalue weighted by Crippen LogP contribution is 2.54. The summed E-state index contributed by atoms with van der Waals surface area (Å²) in [6.45, 7) is 0. The second-order valence-electron chi connectivity index (χ2n) is 5.50. The molecule has 5 heteroatoms. The lowest BCUT2D eigenvalue weighted by Gasteiger charge is -2.22. The van der Waals surface area contributed by atoms with E-state index >= 15 is 0 Å². The summed E-state index contributed by atoms with van der Waals surface area (Å²) in [6.07, 6.45) is 5.16. The monoisotopic (exact) mass is 305 g/mol. The van der Waals surface area contributed by atoms with Gasteiger partial charge in [-0.15, -0.1) is 11.3 Å². The van der Waals surface area contributed by atoms with E-state index in [4.69, 9.17) is 11.6 Å². The van der Waals surface area contributed by atoms with Crippen LogP contribution in [-0.2, 0) is 4.79 Å². The number of allylic oxidation sites excluding steroid dienone is 2. The molecule has 4 unspecified atom stereocenters. The zero-order chi connectivity index (χ0) is 13.9. The molecule has 20 heavy (non-hydrogen) atoms. The van der Waals surface area contributed by atoms with Crippen molar-refractivity contribution in [3.05, 3.63) is 40.4 Å². The molecule has 2 aliphatic carbocycles. The number of hydrogen-bond donors (Lipinski definition) is 1. The minimum absolute atomic E-state index is 0.0127. The van der Waals surface area contributed by atoms with Crippen LogP contribution in [0.25, 0.3) is 10.2 Å². The van der Waals surface area contributed by atoms with Gasteiger partial charge < -0.3 is 5.11 Å². The van der Waals surface area contributed by atoms with Gasteiger partial charge in [0.25, 0.3) is 0 Å². The van der Waals surface area contributed by atoms with Crippen LogP contribution in [0.1, 0.15) is 17.3 Å². The lowest BCUT2D eigenvalue weighted by atomic mass is 9.83. The van der Waals surface area contributed by atoms with Crippen molar-refractivity contribution in [3.63, 3.8) is 0 Å². The maximum Gasteiger partial charge on any atom is 0.307 e. The number of carbonyl (C=O) groups is 1. The highest BCUT2D eigenvalue weighted by Gasteiger charge is 2.50. The van der Waals surface area contributed by atoms with E-state index in [1.54, 1.807) is 11.3 Å². The Morgan fingerprint density at radius 1 is 1.35 bits per heavy atom. The maximum atomic E-state index is 11.6. The Morgan fingerprint density at radius 3 is 2.95 bits per heavy atom. The predicted molar refractivity (Wildman–Crippen MR) is 79.2 cm³/mol. The van der Waals surface area contributed by atoms with Crippen LogP contribution in [0.5, 0.6) is 0 Å². The number of aromatic nitrogens is 1. The predicted octanol–water partition coefficient (Wildman–Crippen LogP) is 3.94. The molecule has 1 aromatic heterocycles. The van der Waals surface area contributed by atoms with E-state index in [0.717, 1.165) is 21.6 Å². The highest BCUT2D eigenvalue weighted by molar-refractivity contribution is 7.18. The molecule has 2 bridgehead atoms. The zero-order valence-corrected chi connectivity index (χ0v) is 12.1. The number of benzene rings is 1. The third kappa shape index (κ3) is 1.71. The van der Waals surface area contributed by atoms with Gasteiger partial charge in [-0.3, -0.25) is 4.79 Å². The van der Waals surface area contributed by atoms with Crippen molar-refractivity contribution in [2.45, 2.75) is 12.3 Å². The van der Waals surface area contributed by atoms with E-state index < -0.39 is 5.97 Å². The quantitative estimate of drug-likeness (QED) is 0.855. The van der Waals surface area contributed by atoms with Crippen LogP contribution in [-0.4, -0.2) is 16.1 Å². The molecule has 0 radical (unpaired) electrons. The van der Waals surface area contributed by atoms with Gasteiger partial charge in [-0.1, -0.05) is 23.8 Å². The average molecular weight is 306 g/mol. The number of halogens is 1. The fourth-order valence-electron chi connectivity index (χ4n) is 3.56. The van der Waals surface area contributed by atoms with E-state index in [2.05, 4.69) is 17.1 Å². The topological polar surface area (TPSA) is 50.2 Å². The molecule has 4 rings (SSSR count). The molecule has 102 valence electrons. The van der Waals surface area contributed by atoms with E-state index in [1.165, 1.54) is 0 Å². The summed E-state index contributed by atoms with van der Waals surface area (Å²) >= 11 is 7.59. The molecule has 1 saturated carbocycles. The van der Waals surface area contributed by atoms with Crippen LogP contribution in [0.3, 0.4) is 0 Å².